The summed E-state index contributed by atoms with van der Waals surface area (Å²) in [6.07, 6.45) is 1.82. The third-order valence-corrected chi connectivity index (χ3v) is 2.84. The Labute approximate surface area is 106 Å². The summed E-state index contributed by atoms with van der Waals surface area (Å²) in [6, 6.07) is 5.67. The van der Waals surface area contributed by atoms with Gasteiger partial charge in [-0.25, -0.2) is 4.98 Å². The maximum absolute atomic E-state index is 5.81. The third-order valence-electron chi connectivity index (χ3n) is 2.84. The zero-order chi connectivity index (χ0) is 13.1. The van der Waals surface area contributed by atoms with Crippen LogP contribution in [0.2, 0.25) is 0 Å². The molecule has 0 radical (unpaired) electrons. The highest BCUT2D eigenvalue weighted by Gasteiger charge is 2.10. The molecule has 0 aliphatic carbocycles. The average Bonchev–Trinajstić information content (AvgIpc) is 2.73. The van der Waals surface area contributed by atoms with Crippen LogP contribution in [0.3, 0.4) is 0 Å². The first-order chi connectivity index (χ1) is 8.67. The molecule has 0 bridgehead atoms. The maximum Gasteiger partial charge on any atom is 0.142 e. The Balaban J connectivity index is 2.48. The number of aryl methyl sites for hydroxylation is 1. The summed E-state index contributed by atoms with van der Waals surface area (Å²) in [4.78, 5) is 4.30. The lowest BCUT2D eigenvalue weighted by molar-refractivity contribution is 0.130. The minimum absolute atomic E-state index is 0.466. The molecule has 0 spiro atoms. The fraction of sp³-hybridized carbons (Fsp3) is 0.308. The molecule has 96 valence electrons. The van der Waals surface area contributed by atoms with E-state index in [1.54, 1.807) is 14.2 Å². The molecule has 2 aromatic rings. The summed E-state index contributed by atoms with van der Waals surface area (Å²) >= 11 is 0. The number of anilines is 1. The van der Waals surface area contributed by atoms with E-state index in [9.17, 15) is 0 Å². The highest BCUT2D eigenvalue weighted by atomic mass is 16.5. The molecule has 0 saturated heterocycles. The van der Waals surface area contributed by atoms with Crippen LogP contribution in [0.5, 0.6) is 5.75 Å². The number of rotatable bonds is 4. The summed E-state index contributed by atoms with van der Waals surface area (Å²) in [5, 5.41) is 0. The Morgan fingerprint density at radius 2 is 2.11 bits per heavy atom. The molecule has 5 heteroatoms. The van der Waals surface area contributed by atoms with Crippen LogP contribution in [0, 0.1) is 6.92 Å². The predicted molar refractivity (Wildman–Crippen MR) is 70.4 cm³/mol. The zero-order valence-electron chi connectivity index (χ0n) is 10.8. The highest BCUT2D eigenvalue weighted by Crippen LogP contribution is 2.29. The fourth-order valence-corrected chi connectivity index (χ4v) is 1.86. The number of aromatic nitrogens is 2. The molecule has 18 heavy (non-hydrogen) atoms. The van der Waals surface area contributed by atoms with E-state index >= 15 is 0 Å². The van der Waals surface area contributed by atoms with Gasteiger partial charge in [0, 0.05) is 12.7 Å². The topological polar surface area (TPSA) is 62.3 Å². The van der Waals surface area contributed by atoms with Gasteiger partial charge in [-0.2, -0.15) is 0 Å². The number of hydrogen-bond acceptors (Lipinski definition) is 4. The smallest absolute Gasteiger partial charge is 0.142 e. The number of imidazole rings is 1. The van der Waals surface area contributed by atoms with Crippen molar-refractivity contribution in [1.29, 1.82) is 0 Å². The van der Waals surface area contributed by atoms with Gasteiger partial charge in [-0.15, -0.1) is 0 Å². The van der Waals surface area contributed by atoms with Gasteiger partial charge in [0.25, 0.3) is 0 Å². The molecular weight excluding hydrogens is 230 g/mol. The second-order valence-electron chi connectivity index (χ2n) is 3.99. The lowest BCUT2D eigenvalue weighted by Gasteiger charge is -2.11. The number of methoxy groups -OCH3 is 2. The lowest BCUT2D eigenvalue weighted by Crippen LogP contribution is -2.04. The number of hydrogen-bond donors (Lipinski definition) is 1. The molecular formula is C13H17N3O2. The van der Waals surface area contributed by atoms with Crippen LogP contribution in [0.4, 0.5) is 5.69 Å². The summed E-state index contributed by atoms with van der Waals surface area (Å²) < 4.78 is 12.4. The standard InChI is InChI=1S/C13H17N3O2/c1-9-15-7-12(16(9)8-17-2)10-4-5-11(14)13(6-10)18-3/h4-7H,8,14H2,1-3H3. The minimum atomic E-state index is 0.466. The van der Waals surface area contributed by atoms with Gasteiger partial charge in [0.15, 0.2) is 0 Å². The Morgan fingerprint density at radius 3 is 2.78 bits per heavy atom. The number of nitrogens with zero attached hydrogens (tertiary/aromatic N) is 2. The largest absolute Gasteiger partial charge is 0.495 e. The number of nitrogens with two attached hydrogens (primary N) is 1. The summed E-state index contributed by atoms with van der Waals surface area (Å²) in [5.41, 5.74) is 8.41. The Morgan fingerprint density at radius 1 is 1.33 bits per heavy atom. The summed E-state index contributed by atoms with van der Waals surface area (Å²) in [6.45, 7) is 2.41. The van der Waals surface area contributed by atoms with Crippen LogP contribution in [-0.4, -0.2) is 23.8 Å². The number of nitrogen functional groups attached to an aromatic ring is 1. The molecule has 2 rings (SSSR count). The van der Waals surface area contributed by atoms with Gasteiger partial charge in [0.05, 0.1) is 24.7 Å². The van der Waals surface area contributed by atoms with Crippen molar-refractivity contribution in [3.05, 3.63) is 30.2 Å². The molecule has 2 N–H and O–H groups in total. The van der Waals surface area contributed by atoms with E-state index < -0.39 is 0 Å². The van der Waals surface area contributed by atoms with Crippen molar-refractivity contribution in [1.82, 2.24) is 9.55 Å². The normalized spacial score (nSPS) is 10.6. The van der Waals surface area contributed by atoms with Crippen LogP contribution in [0.1, 0.15) is 5.82 Å². The van der Waals surface area contributed by atoms with Crippen LogP contribution in [0.25, 0.3) is 11.3 Å². The monoisotopic (exact) mass is 247 g/mol. The molecule has 1 aromatic heterocycles. The van der Waals surface area contributed by atoms with Crippen molar-refractivity contribution in [2.45, 2.75) is 13.7 Å². The minimum Gasteiger partial charge on any atom is -0.495 e. The van der Waals surface area contributed by atoms with Crippen molar-refractivity contribution in [2.75, 3.05) is 20.0 Å². The van der Waals surface area contributed by atoms with E-state index in [4.69, 9.17) is 15.2 Å². The fourth-order valence-electron chi connectivity index (χ4n) is 1.86. The second kappa shape index (κ2) is 5.10. The molecule has 1 aromatic carbocycles. The molecule has 1 heterocycles. The first-order valence-electron chi connectivity index (χ1n) is 5.62. The average molecular weight is 247 g/mol. The van der Waals surface area contributed by atoms with Gasteiger partial charge < -0.3 is 19.8 Å². The number of ether oxygens (including phenoxy) is 2. The van der Waals surface area contributed by atoms with E-state index in [0.29, 0.717) is 18.2 Å². The molecule has 0 aliphatic rings. The first kappa shape index (κ1) is 12.4. The Kier molecular flexibility index (Phi) is 3.53. The van der Waals surface area contributed by atoms with E-state index in [1.165, 1.54) is 0 Å². The van der Waals surface area contributed by atoms with Crippen molar-refractivity contribution >= 4 is 5.69 Å². The Hall–Kier alpha value is -2.01. The van der Waals surface area contributed by atoms with Gasteiger partial charge in [0.1, 0.15) is 18.3 Å². The van der Waals surface area contributed by atoms with E-state index in [2.05, 4.69) is 4.98 Å². The molecule has 0 fully saturated rings. The molecule has 5 nitrogen and oxygen atoms in total. The van der Waals surface area contributed by atoms with Crippen LogP contribution < -0.4 is 10.5 Å². The SMILES string of the molecule is COCn1c(-c2ccc(N)c(OC)c2)cnc1C. The lowest BCUT2D eigenvalue weighted by atomic mass is 10.1. The van der Waals surface area contributed by atoms with Crippen molar-refractivity contribution in [3.63, 3.8) is 0 Å². The predicted octanol–water partition coefficient (Wildman–Crippen LogP) is 2.05. The highest BCUT2D eigenvalue weighted by molar-refractivity contribution is 5.67. The van der Waals surface area contributed by atoms with Crippen LogP contribution in [-0.2, 0) is 11.5 Å². The van der Waals surface area contributed by atoms with Gasteiger partial charge in [0.2, 0.25) is 0 Å². The van der Waals surface area contributed by atoms with Crippen LogP contribution in [0.15, 0.2) is 24.4 Å². The molecule has 0 atom stereocenters. The van der Waals surface area contributed by atoms with Gasteiger partial charge in [-0.1, -0.05) is 6.07 Å². The summed E-state index contributed by atoms with van der Waals surface area (Å²) in [5.74, 6) is 1.57. The maximum atomic E-state index is 5.81. The summed E-state index contributed by atoms with van der Waals surface area (Å²) in [7, 11) is 3.26. The van der Waals surface area contributed by atoms with Gasteiger partial charge in [-0.3, -0.25) is 0 Å². The third kappa shape index (κ3) is 2.17. The van der Waals surface area contributed by atoms with Gasteiger partial charge >= 0.3 is 0 Å². The number of benzene rings is 1. The first-order valence-corrected chi connectivity index (χ1v) is 5.62. The van der Waals surface area contributed by atoms with E-state index in [1.807, 2.05) is 35.9 Å². The molecule has 0 amide bonds. The van der Waals surface area contributed by atoms with E-state index in [-0.39, 0.29) is 0 Å². The Bertz CT molecular complexity index is 549. The van der Waals surface area contributed by atoms with Crippen molar-refractivity contribution < 1.29 is 9.47 Å². The molecule has 0 unspecified atom stereocenters. The van der Waals surface area contributed by atoms with E-state index in [0.717, 1.165) is 17.1 Å². The molecule has 0 saturated carbocycles. The molecule has 0 aliphatic heterocycles. The van der Waals surface area contributed by atoms with Crippen molar-refractivity contribution in [3.8, 4) is 17.0 Å². The zero-order valence-corrected chi connectivity index (χ0v) is 10.8. The van der Waals surface area contributed by atoms with Crippen LogP contribution >= 0.6 is 0 Å². The van der Waals surface area contributed by atoms with Gasteiger partial charge in [-0.05, 0) is 19.1 Å². The van der Waals surface area contributed by atoms with Crippen molar-refractivity contribution in [2.24, 2.45) is 0 Å². The second-order valence-corrected chi connectivity index (χ2v) is 3.99. The quantitative estimate of drug-likeness (QED) is 0.840.